The number of anilines is 1. The molecule has 2 aromatic rings. The van der Waals surface area contributed by atoms with Gasteiger partial charge in [-0.2, -0.15) is 0 Å². The van der Waals surface area contributed by atoms with E-state index in [4.69, 9.17) is 0 Å². The molecule has 1 aromatic carbocycles. The molecule has 1 aliphatic carbocycles. The highest BCUT2D eigenvalue weighted by Crippen LogP contribution is 2.42. The molecule has 1 N–H and O–H groups in total. The average Bonchev–Trinajstić information content (AvgIpc) is 3.27. The van der Waals surface area contributed by atoms with Crippen molar-refractivity contribution in [3.8, 4) is 11.4 Å². The van der Waals surface area contributed by atoms with Crippen LogP contribution in [0.15, 0.2) is 18.2 Å². The van der Waals surface area contributed by atoms with Gasteiger partial charge in [0.1, 0.15) is 5.82 Å². The maximum Gasteiger partial charge on any atom is 0.161 e. The lowest BCUT2D eigenvalue weighted by Crippen LogP contribution is -2.05. The Morgan fingerprint density at radius 1 is 1.20 bits per heavy atom. The van der Waals surface area contributed by atoms with Gasteiger partial charge in [-0.15, -0.1) is 0 Å². The molecule has 104 valence electrons. The molecule has 1 saturated carbocycles. The lowest BCUT2D eigenvalue weighted by atomic mass is 10.2. The van der Waals surface area contributed by atoms with Gasteiger partial charge in [0.15, 0.2) is 17.5 Å². The van der Waals surface area contributed by atoms with Gasteiger partial charge < -0.3 is 5.32 Å². The van der Waals surface area contributed by atoms with Crippen molar-refractivity contribution in [2.75, 3.05) is 12.4 Å². The smallest absolute Gasteiger partial charge is 0.161 e. The predicted octanol–water partition coefficient (Wildman–Crippen LogP) is 3.95. The van der Waals surface area contributed by atoms with Crippen LogP contribution in [0.3, 0.4) is 0 Å². The van der Waals surface area contributed by atoms with Gasteiger partial charge >= 0.3 is 0 Å². The molecule has 1 heterocycles. The number of nitrogens with zero attached hydrogens (tertiary/aromatic N) is 2. The van der Waals surface area contributed by atoms with Crippen molar-refractivity contribution in [3.63, 3.8) is 0 Å². The SMILES string of the molecule is CNc1nc(-c2ccc(F)c(F)c2)nc(C2CC2)c1I. The van der Waals surface area contributed by atoms with Crippen LogP contribution < -0.4 is 5.32 Å². The van der Waals surface area contributed by atoms with E-state index in [0.717, 1.165) is 40.1 Å². The Hall–Kier alpha value is -1.31. The fourth-order valence-corrected chi connectivity index (χ4v) is 2.97. The van der Waals surface area contributed by atoms with E-state index >= 15 is 0 Å². The minimum atomic E-state index is -0.886. The number of nitrogens with one attached hydrogen (secondary N) is 1. The number of benzene rings is 1. The van der Waals surface area contributed by atoms with Crippen molar-refractivity contribution < 1.29 is 8.78 Å². The monoisotopic (exact) mass is 387 g/mol. The number of aromatic nitrogens is 2. The Bertz CT molecular complexity index is 672. The Morgan fingerprint density at radius 2 is 1.95 bits per heavy atom. The summed E-state index contributed by atoms with van der Waals surface area (Å²) in [6.45, 7) is 0. The van der Waals surface area contributed by atoms with E-state index in [9.17, 15) is 8.78 Å². The van der Waals surface area contributed by atoms with E-state index in [0.29, 0.717) is 17.3 Å². The largest absolute Gasteiger partial charge is 0.372 e. The fourth-order valence-electron chi connectivity index (χ4n) is 2.02. The molecule has 0 aliphatic heterocycles. The molecule has 1 aromatic heterocycles. The molecular formula is C14H12F2IN3. The second kappa shape index (κ2) is 5.23. The molecule has 0 atom stereocenters. The zero-order valence-corrected chi connectivity index (χ0v) is 12.9. The quantitative estimate of drug-likeness (QED) is 0.811. The first kappa shape index (κ1) is 13.7. The second-order valence-corrected chi connectivity index (χ2v) is 5.83. The summed E-state index contributed by atoms with van der Waals surface area (Å²) in [5.41, 5.74) is 1.48. The molecule has 0 radical (unpaired) electrons. The van der Waals surface area contributed by atoms with Crippen LogP contribution in [-0.4, -0.2) is 17.0 Å². The first-order valence-corrected chi connectivity index (χ1v) is 7.38. The third-order valence-corrected chi connectivity index (χ3v) is 4.32. The van der Waals surface area contributed by atoms with Crippen molar-refractivity contribution in [1.82, 2.24) is 9.97 Å². The Morgan fingerprint density at radius 3 is 2.55 bits per heavy atom. The number of hydrogen-bond acceptors (Lipinski definition) is 3. The zero-order valence-electron chi connectivity index (χ0n) is 10.8. The van der Waals surface area contributed by atoms with E-state index in [1.54, 1.807) is 7.05 Å². The van der Waals surface area contributed by atoms with Gasteiger partial charge in [0, 0.05) is 18.5 Å². The molecule has 0 amide bonds. The van der Waals surface area contributed by atoms with Gasteiger partial charge in [-0.3, -0.25) is 0 Å². The van der Waals surface area contributed by atoms with E-state index in [-0.39, 0.29) is 0 Å². The molecule has 0 spiro atoms. The highest BCUT2D eigenvalue weighted by Gasteiger charge is 2.29. The third kappa shape index (κ3) is 2.48. The van der Waals surface area contributed by atoms with Crippen LogP contribution in [0, 0.1) is 15.2 Å². The van der Waals surface area contributed by atoms with E-state index in [2.05, 4.69) is 37.9 Å². The fraction of sp³-hybridized carbons (Fsp3) is 0.286. The second-order valence-electron chi connectivity index (χ2n) is 4.75. The van der Waals surface area contributed by atoms with Gasteiger partial charge in [0.25, 0.3) is 0 Å². The minimum absolute atomic E-state index is 0.426. The van der Waals surface area contributed by atoms with Gasteiger partial charge in [-0.1, -0.05) is 0 Å². The summed E-state index contributed by atoms with van der Waals surface area (Å²) < 4.78 is 27.4. The predicted molar refractivity (Wildman–Crippen MR) is 81.6 cm³/mol. The highest BCUT2D eigenvalue weighted by atomic mass is 127. The van der Waals surface area contributed by atoms with Crippen molar-refractivity contribution in [2.45, 2.75) is 18.8 Å². The Labute approximate surface area is 129 Å². The molecule has 0 unspecified atom stereocenters. The van der Waals surface area contributed by atoms with Crippen LogP contribution in [-0.2, 0) is 0 Å². The minimum Gasteiger partial charge on any atom is -0.372 e. The van der Waals surface area contributed by atoms with Crippen LogP contribution in [0.25, 0.3) is 11.4 Å². The summed E-state index contributed by atoms with van der Waals surface area (Å²) in [7, 11) is 1.79. The Kier molecular flexibility index (Phi) is 3.57. The maximum atomic E-state index is 13.4. The molecule has 20 heavy (non-hydrogen) atoms. The molecular weight excluding hydrogens is 375 g/mol. The summed E-state index contributed by atoms with van der Waals surface area (Å²) in [4.78, 5) is 8.92. The first-order chi connectivity index (χ1) is 9.60. The highest BCUT2D eigenvalue weighted by molar-refractivity contribution is 14.1. The summed E-state index contributed by atoms with van der Waals surface area (Å²) in [6.07, 6.45) is 2.24. The first-order valence-electron chi connectivity index (χ1n) is 6.30. The van der Waals surface area contributed by atoms with Crippen LogP contribution in [0.1, 0.15) is 24.5 Å². The molecule has 1 fully saturated rings. The topological polar surface area (TPSA) is 37.8 Å². The van der Waals surface area contributed by atoms with Crippen molar-refractivity contribution in [3.05, 3.63) is 39.1 Å². The number of rotatable bonds is 3. The van der Waals surface area contributed by atoms with Gasteiger partial charge in [0.2, 0.25) is 0 Å². The molecule has 3 rings (SSSR count). The van der Waals surface area contributed by atoms with Gasteiger partial charge in [-0.25, -0.2) is 18.7 Å². The van der Waals surface area contributed by atoms with Crippen molar-refractivity contribution in [1.29, 1.82) is 0 Å². The molecule has 3 nitrogen and oxygen atoms in total. The summed E-state index contributed by atoms with van der Waals surface area (Å²) in [5.74, 6) is -0.141. The third-order valence-electron chi connectivity index (χ3n) is 3.26. The van der Waals surface area contributed by atoms with E-state index in [1.807, 2.05) is 0 Å². The molecule has 0 bridgehead atoms. The average molecular weight is 387 g/mol. The van der Waals surface area contributed by atoms with E-state index in [1.165, 1.54) is 6.07 Å². The zero-order chi connectivity index (χ0) is 14.3. The van der Waals surface area contributed by atoms with Crippen LogP contribution in [0.4, 0.5) is 14.6 Å². The maximum absolute atomic E-state index is 13.4. The number of halogens is 3. The van der Waals surface area contributed by atoms with Crippen LogP contribution in [0.2, 0.25) is 0 Å². The molecule has 0 saturated heterocycles. The summed E-state index contributed by atoms with van der Waals surface area (Å²) in [5, 5.41) is 3.03. The van der Waals surface area contributed by atoms with Crippen molar-refractivity contribution in [2.24, 2.45) is 0 Å². The summed E-state index contributed by atoms with van der Waals surface area (Å²) >= 11 is 2.22. The lowest BCUT2D eigenvalue weighted by molar-refractivity contribution is 0.509. The van der Waals surface area contributed by atoms with E-state index < -0.39 is 11.6 Å². The molecule has 1 aliphatic rings. The van der Waals surface area contributed by atoms with Gasteiger partial charge in [0.05, 0.1) is 9.26 Å². The van der Waals surface area contributed by atoms with Crippen molar-refractivity contribution >= 4 is 28.4 Å². The van der Waals surface area contributed by atoms with Gasteiger partial charge in [-0.05, 0) is 53.6 Å². The number of hydrogen-bond donors (Lipinski definition) is 1. The van der Waals surface area contributed by atoms with Crippen LogP contribution in [0.5, 0.6) is 0 Å². The molecule has 6 heteroatoms. The standard InChI is InChI=1S/C14H12F2IN3/c1-18-14-11(17)12(7-2-3-7)19-13(20-14)8-4-5-9(15)10(16)6-8/h4-7H,2-3H2,1H3,(H,18,19,20). The van der Waals surface area contributed by atoms with Crippen LogP contribution >= 0.6 is 22.6 Å². The lowest BCUT2D eigenvalue weighted by Gasteiger charge is -2.11. The summed E-state index contributed by atoms with van der Waals surface area (Å²) in [6, 6.07) is 3.73. The normalized spacial score (nSPS) is 14.4. The Balaban J connectivity index is 2.12.